The van der Waals surface area contributed by atoms with Crippen molar-refractivity contribution in [2.45, 2.75) is 24.6 Å². The smallest absolute Gasteiger partial charge is 0.254 e. The van der Waals surface area contributed by atoms with Gasteiger partial charge in [-0.3, -0.25) is 14.6 Å². The SMILES string of the molecule is CSCc1ccc(-c2ccc(C(=O)N3CCC[C@H]3C(N)=O)cc2)nc1. The number of thioether (sulfide) groups is 1. The van der Waals surface area contributed by atoms with Gasteiger partial charge >= 0.3 is 0 Å². The summed E-state index contributed by atoms with van der Waals surface area (Å²) in [6.07, 6.45) is 5.40. The quantitative estimate of drug-likeness (QED) is 0.895. The lowest BCUT2D eigenvalue weighted by Crippen LogP contribution is -2.43. The number of nitrogens with two attached hydrogens (primary N) is 1. The molecular weight excluding hydrogens is 334 g/mol. The van der Waals surface area contributed by atoms with Crippen molar-refractivity contribution in [3.63, 3.8) is 0 Å². The molecule has 1 saturated heterocycles. The molecular formula is C19H21N3O2S. The van der Waals surface area contributed by atoms with Crippen molar-refractivity contribution < 1.29 is 9.59 Å². The Bertz CT molecular complexity index is 759. The highest BCUT2D eigenvalue weighted by Crippen LogP contribution is 2.23. The van der Waals surface area contributed by atoms with Gasteiger partial charge in [0.25, 0.3) is 5.91 Å². The predicted molar refractivity (Wildman–Crippen MR) is 100 cm³/mol. The van der Waals surface area contributed by atoms with E-state index in [1.54, 1.807) is 28.8 Å². The maximum atomic E-state index is 12.6. The number of primary amides is 1. The van der Waals surface area contributed by atoms with Gasteiger partial charge in [-0.2, -0.15) is 11.8 Å². The van der Waals surface area contributed by atoms with Crippen molar-refractivity contribution in [3.8, 4) is 11.3 Å². The summed E-state index contributed by atoms with van der Waals surface area (Å²) in [5.74, 6) is 0.366. The van der Waals surface area contributed by atoms with Crippen LogP contribution in [0.4, 0.5) is 0 Å². The second-order valence-electron chi connectivity index (χ2n) is 6.12. The Morgan fingerprint density at radius 1 is 1.24 bits per heavy atom. The third kappa shape index (κ3) is 3.85. The van der Waals surface area contributed by atoms with E-state index < -0.39 is 11.9 Å². The molecule has 0 radical (unpaired) electrons. The normalized spacial score (nSPS) is 16.8. The third-order valence-corrected chi connectivity index (χ3v) is 5.03. The third-order valence-electron chi connectivity index (χ3n) is 4.41. The van der Waals surface area contributed by atoms with Gasteiger partial charge in [0.15, 0.2) is 0 Å². The number of pyridine rings is 1. The molecule has 1 aromatic carbocycles. The molecule has 2 aromatic rings. The van der Waals surface area contributed by atoms with Crippen LogP contribution in [0.5, 0.6) is 0 Å². The Hall–Kier alpha value is -2.34. The molecule has 0 unspecified atom stereocenters. The number of hydrogen-bond acceptors (Lipinski definition) is 4. The molecule has 2 N–H and O–H groups in total. The lowest BCUT2D eigenvalue weighted by molar-refractivity contribution is -0.121. The Morgan fingerprint density at radius 2 is 2.00 bits per heavy atom. The van der Waals surface area contributed by atoms with E-state index in [9.17, 15) is 9.59 Å². The van der Waals surface area contributed by atoms with Crippen LogP contribution in [0.2, 0.25) is 0 Å². The first-order chi connectivity index (χ1) is 12.1. The lowest BCUT2D eigenvalue weighted by atomic mass is 10.1. The van der Waals surface area contributed by atoms with Gasteiger partial charge in [0, 0.05) is 29.6 Å². The molecule has 1 aromatic heterocycles. The maximum absolute atomic E-state index is 12.6. The molecule has 1 atom stereocenters. The summed E-state index contributed by atoms with van der Waals surface area (Å²) in [6, 6.07) is 10.9. The summed E-state index contributed by atoms with van der Waals surface area (Å²) in [6.45, 7) is 0.576. The summed E-state index contributed by atoms with van der Waals surface area (Å²) in [5, 5.41) is 0. The first-order valence-electron chi connectivity index (χ1n) is 8.24. The van der Waals surface area contributed by atoms with Crippen LogP contribution < -0.4 is 5.73 Å². The summed E-state index contributed by atoms with van der Waals surface area (Å²) >= 11 is 1.76. The molecule has 1 fully saturated rings. The van der Waals surface area contributed by atoms with Crippen LogP contribution in [0.15, 0.2) is 42.6 Å². The number of hydrogen-bond donors (Lipinski definition) is 1. The zero-order valence-electron chi connectivity index (χ0n) is 14.1. The van der Waals surface area contributed by atoms with Gasteiger partial charge in [-0.05, 0) is 42.9 Å². The second-order valence-corrected chi connectivity index (χ2v) is 6.99. The largest absolute Gasteiger partial charge is 0.368 e. The minimum atomic E-state index is -0.488. The average Bonchev–Trinajstić information content (AvgIpc) is 3.12. The first kappa shape index (κ1) is 17.5. The highest BCUT2D eigenvalue weighted by molar-refractivity contribution is 7.97. The van der Waals surface area contributed by atoms with Gasteiger partial charge in [-0.25, -0.2) is 0 Å². The number of benzene rings is 1. The van der Waals surface area contributed by atoms with Gasteiger partial charge in [-0.15, -0.1) is 0 Å². The fraction of sp³-hybridized carbons (Fsp3) is 0.316. The van der Waals surface area contributed by atoms with Crippen molar-refractivity contribution in [2.24, 2.45) is 5.73 Å². The zero-order chi connectivity index (χ0) is 17.8. The zero-order valence-corrected chi connectivity index (χ0v) is 15.0. The number of carbonyl (C=O) groups excluding carboxylic acids is 2. The molecule has 1 aliphatic heterocycles. The molecule has 130 valence electrons. The van der Waals surface area contributed by atoms with Crippen LogP contribution in [0.1, 0.15) is 28.8 Å². The van der Waals surface area contributed by atoms with Crippen molar-refractivity contribution in [1.82, 2.24) is 9.88 Å². The topological polar surface area (TPSA) is 76.3 Å². The number of amides is 2. The van der Waals surface area contributed by atoms with Crippen molar-refractivity contribution >= 4 is 23.6 Å². The number of carbonyl (C=O) groups is 2. The van der Waals surface area contributed by atoms with E-state index in [2.05, 4.69) is 17.3 Å². The van der Waals surface area contributed by atoms with E-state index in [1.165, 1.54) is 5.56 Å². The molecule has 25 heavy (non-hydrogen) atoms. The van der Waals surface area contributed by atoms with Gasteiger partial charge in [0.1, 0.15) is 6.04 Å². The van der Waals surface area contributed by atoms with Crippen molar-refractivity contribution in [2.75, 3.05) is 12.8 Å². The van der Waals surface area contributed by atoms with Gasteiger partial charge in [-0.1, -0.05) is 18.2 Å². The van der Waals surface area contributed by atoms with Gasteiger partial charge in [0.05, 0.1) is 5.69 Å². The molecule has 2 amide bonds. The van der Waals surface area contributed by atoms with E-state index in [0.29, 0.717) is 18.5 Å². The van der Waals surface area contributed by atoms with Crippen LogP contribution >= 0.6 is 11.8 Å². The summed E-state index contributed by atoms with van der Waals surface area (Å²) in [7, 11) is 0. The summed E-state index contributed by atoms with van der Waals surface area (Å²) < 4.78 is 0. The minimum Gasteiger partial charge on any atom is -0.368 e. The summed E-state index contributed by atoms with van der Waals surface area (Å²) in [4.78, 5) is 30.2. The highest BCUT2D eigenvalue weighted by Gasteiger charge is 2.33. The van der Waals surface area contributed by atoms with E-state index in [0.717, 1.165) is 23.4 Å². The van der Waals surface area contributed by atoms with E-state index in [-0.39, 0.29) is 5.91 Å². The first-order valence-corrected chi connectivity index (χ1v) is 9.64. The fourth-order valence-corrected chi connectivity index (χ4v) is 3.61. The molecule has 1 aliphatic rings. The van der Waals surface area contributed by atoms with E-state index in [1.807, 2.05) is 24.4 Å². The van der Waals surface area contributed by atoms with Crippen LogP contribution in [-0.4, -0.2) is 40.5 Å². The molecule has 2 heterocycles. The average molecular weight is 355 g/mol. The number of nitrogens with zero attached hydrogens (tertiary/aromatic N) is 2. The molecule has 6 heteroatoms. The van der Waals surface area contributed by atoms with Crippen LogP contribution in [0.25, 0.3) is 11.3 Å². The van der Waals surface area contributed by atoms with Crippen LogP contribution in [-0.2, 0) is 10.5 Å². The molecule has 0 aliphatic carbocycles. The lowest BCUT2D eigenvalue weighted by Gasteiger charge is -2.22. The van der Waals surface area contributed by atoms with E-state index in [4.69, 9.17) is 5.73 Å². The second kappa shape index (κ2) is 7.70. The molecule has 0 saturated carbocycles. The summed E-state index contributed by atoms with van der Waals surface area (Å²) in [5.41, 5.74) is 8.98. The predicted octanol–water partition coefficient (Wildman–Crippen LogP) is 2.70. The number of rotatable bonds is 5. The standard InChI is InChI=1S/C19H21N3O2S/c1-25-12-13-4-9-16(21-11-13)14-5-7-15(8-6-14)19(24)22-10-2-3-17(22)18(20)23/h4-9,11,17H,2-3,10,12H2,1H3,(H2,20,23)/t17-/m0/s1. The number of aromatic nitrogens is 1. The molecule has 0 spiro atoms. The van der Waals surface area contributed by atoms with Crippen LogP contribution in [0, 0.1) is 0 Å². The Balaban J connectivity index is 1.75. The highest BCUT2D eigenvalue weighted by atomic mass is 32.2. The fourth-order valence-electron chi connectivity index (χ4n) is 3.10. The Labute approximate surface area is 151 Å². The Morgan fingerprint density at radius 3 is 2.60 bits per heavy atom. The maximum Gasteiger partial charge on any atom is 0.254 e. The molecule has 5 nitrogen and oxygen atoms in total. The van der Waals surface area contributed by atoms with Gasteiger partial charge in [0.2, 0.25) is 5.91 Å². The van der Waals surface area contributed by atoms with Crippen molar-refractivity contribution in [3.05, 3.63) is 53.7 Å². The molecule has 0 bridgehead atoms. The Kier molecular flexibility index (Phi) is 5.38. The van der Waals surface area contributed by atoms with E-state index >= 15 is 0 Å². The number of likely N-dealkylation sites (tertiary alicyclic amines) is 1. The monoisotopic (exact) mass is 355 g/mol. The minimum absolute atomic E-state index is 0.142. The van der Waals surface area contributed by atoms with Crippen LogP contribution in [0.3, 0.4) is 0 Å². The molecule has 3 rings (SSSR count). The van der Waals surface area contributed by atoms with Crippen molar-refractivity contribution in [1.29, 1.82) is 0 Å². The van der Waals surface area contributed by atoms with Gasteiger partial charge < -0.3 is 10.6 Å².